The van der Waals surface area contributed by atoms with Crippen LogP contribution in [0.5, 0.6) is 0 Å². The van der Waals surface area contributed by atoms with E-state index in [2.05, 4.69) is 62.9 Å². The summed E-state index contributed by atoms with van der Waals surface area (Å²) in [6.45, 7) is 4.15. The van der Waals surface area contributed by atoms with E-state index in [4.69, 9.17) is 5.73 Å². The number of rotatable bonds is 2. The lowest BCUT2D eigenvalue weighted by Gasteiger charge is -2.16. The maximum absolute atomic E-state index is 6.34. The van der Waals surface area contributed by atoms with Crippen LogP contribution in [0.1, 0.15) is 28.4 Å². The molecular formula is C13H15Br2N3. The molecule has 3 nitrogen and oxygen atoms in total. The van der Waals surface area contributed by atoms with Crippen LogP contribution in [0.3, 0.4) is 0 Å². The zero-order valence-corrected chi connectivity index (χ0v) is 13.7. The fraction of sp³-hybridized carbons (Fsp3) is 0.308. The molecule has 0 saturated carbocycles. The molecule has 5 heteroatoms. The molecule has 0 aliphatic rings. The van der Waals surface area contributed by atoms with Crippen molar-refractivity contribution in [1.29, 1.82) is 0 Å². The van der Waals surface area contributed by atoms with Crippen LogP contribution in [0, 0.1) is 13.8 Å². The van der Waals surface area contributed by atoms with E-state index in [-0.39, 0.29) is 6.04 Å². The van der Waals surface area contributed by atoms with Gasteiger partial charge in [-0.05, 0) is 46.5 Å². The predicted molar refractivity (Wildman–Crippen MR) is 80.6 cm³/mol. The van der Waals surface area contributed by atoms with Crippen molar-refractivity contribution in [2.75, 3.05) is 0 Å². The number of benzene rings is 1. The molecule has 0 saturated heterocycles. The minimum Gasteiger partial charge on any atom is -0.319 e. The van der Waals surface area contributed by atoms with Crippen LogP contribution in [0.25, 0.3) is 0 Å². The third-order valence-electron chi connectivity index (χ3n) is 3.05. The van der Waals surface area contributed by atoms with Crippen molar-refractivity contribution in [1.82, 2.24) is 9.78 Å². The number of hydrogen-bond acceptors (Lipinski definition) is 2. The average molecular weight is 373 g/mol. The fourth-order valence-corrected chi connectivity index (χ4v) is 2.91. The zero-order valence-electron chi connectivity index (χ0n) is 10.5. The number of aryl methyl sites for hydroxylation is 3. The van der Waals surface area contributed by atoms with E-state index in [0.717, 1.165) is 20.2 Å². The number of nitrogens with zero attached hydrogens (tertiary/aromatic N) is 2. The maximum Gasteiger partial charge on any atom is 0.0735 e. The summed E-state index contributed by atoms with van der Waals surface area (Å²) in [6, 6.07) is 4.04. The Kier molecular flexibility index (Phi) is 3.94. The fourth-order valence-electron chi connectivity index (χ4n) is 2.09. The quantitative estimate of drug-likeness (QED) is 0.874. The van der Waals surface area contributed by atoms with Gasteiger partial charge in [-0.1, -0.05) is 28.1 Å². The van der Waals surface area contributed by atoms with Crippen LogP contribution in [0.4, 0.5) is 0 Å². The lowest BCUT2D eigenvalue weighted by atomic mass is 10.00. The Morgan fingerprint density at radius 2 is 1.78 bits per heavy atom. The molecule has 2 aromatic rings. The molecule has 0 aliphatic heterocycles. The van der Waals surface area contributed by atoms with Crippen molar-refractivity contribution in [2.45, 2.75) is 19.9 Å². The molecule has 1 aromatic carbocycles. The molecule has 0 aliphatic carbocycles. The van der Waals surface area contributed by atoms with Gasteiger partial charge in [0.25, 0.3) is 0 Å². The first kappa shape index (κ1) is 13.8. The molecule has 1 heterocycles. The van der Waals surface area contributed by atoms with Crippen LogP contribution in [-0.2, 0) is 7.05 Å². The third-order valence-corrected chi connectivity index (χ3v) is 4.91. The SMILES string of the molecule is Cc1cc(C(N)c2c(Br)cnn2C)cc(C)c1Br. The highest BCUT2D eigenvalue weighted by Crippen LogP contribution is 2.30. The van der Waals surface area contributed by atoms with E-state index in [9.17, 15) is 0 Å². The number of halogens is 2. The van der Waals surface area contributed by atoms with Crippen molar-refractivity contribution in [3.8, 4) is 0 Å². The van der Waals surface area contributed by atoms with Crippen molar-refractivity contribution >= 4 is 31.9 Å². The second kappa shape index (κ2) is 5.15. The minimum absolute atomic E-state index is 0.183. The third kappa shape index (κ3) is 2.39. The monoisotopic (exact) mass is 371 g/mol. The van der Waals surface area contributed by atoms with E-state index in [0.29, 0.717) is 0 Å². The zero-order chi connectivity index (χ0) is 13.4. The first-order valence-electron chi connectivity index (χ1n) is 5.61. The van der Waals surface area contributed by atoms with Crippen molar-refractivity contribution < 1.29 is 0 Å². The van der Waals surface area contributed by atoms with Gasteiger partial charge in [-0.25, -0.2) is 0 Å². The van der Waals surface area contributed by atoms with Crippen molar-refractivity contribution in [3.63, 3.8) is 0 Å². The lowest BCUT2D eigenvalue weighted by Crippen LogP contribution is -2.17. The van der Waals surface area contributed by atoms with E-state index in [1.54, 1.807) is 6.20 Å². The van der Waals surface area contributed by atoms with E-state index < -0.39 is 0 Å². The second-order valence-electron chi connectivity index (χ2n) is 4.45. The van der Waals surface area contributed by atoms with Gasteiger partial charge < -0.3 is 5.73 Å². The van der Waals surface area contributed by atoms with Gasteiger partial charge in [0.1, 0.15) is 0 Å². The van der Waals surface area contributed by atoms with Gasteiger partial charge in [-0.15, -0.1) is 0 Å². The number of nitrogens with two attached hydrogens (primary N) is 1. The summed E-state index contributed by atoms with van der Waals surface area (Å²) >= 11 is 7.07. The molecule has 1 atom stereocenters. The van der Waals surface area contributed by atoms with Gasteiger partial charge in [0.15, 0.2) is 0 Å². The van der Waals surface area contributed by atoms with E-state index in [1.807, 2.05) is 11.7 Å². The summed E-state index contributed by atoms with van der Waals surface area (Å²) < 4.78 is 3.89. The van der Waals surface area contributed by atoms with Crippen molar-refractivity contribution in [2.24, 2.45) is 12.8 Å². The number of aromatic nitrogens is 2. The van der Waals surface area contributed by atoms with Gasteiger partial charge in [0, 0.05) is 11.5 Å². The molecular weight excluding hydrogens is 358 g/mol. The molecule has 1 unspecified atom stereocenters. The Bertz CT molecular complexity index is 547. The molecule has 0 bridgehead atoms. The van der Waals surface area contributed by atoms with Crippen LogP contribution in [0.2, 0.25) is 0 Å². The standard InChI is InChI=1S/C13H15Br2N3/c1-7-4-9(5-8(2)11(7)15)12(16)13-10(14)6-17-18(13)3/h4-6,12H,16H2,1-3H3. The van der Waals surface area contributed by atoms with Crippen LogP contribution < -0.4 is 5.73 Å². The molecule has 96 valence electrons. The Hall–Kier alpha value is -0.650. The van der Waals surface area contributed by atoms with Gasteiger partial charge in [-0.3, -0.25) is 4.68 Å². The van der Waals surface area contributed by atoms with Crippen LogP contribution in [0.15, 0.2) is 27.3 Å². The van der Waals surface area contributed by atoms with Crippen LogP contribution in [-0.4, -0.2) is 9.78 Å². The number of hydrogen-bond donors (Lipinski definition) is 1. The predicted octanol–water partition coefficient (Wildman–Crippen LogP) is 3.61. The summed E-state index contributed by atoms with van der Waals surface area (Å²) in [7, 11) is 1.90. The highest BCUT2D eigenvalue weighted by Gasteiger charge is 2.18. The summed E-state index contributed by atoms with van der Waals surface area (Å²) in [6.07, 6.45) is 1.77. The molecule has 0 spiro atoms. The summed E-state index contributed by atoms with van der Waals surface area (Å²) in [5.74, 6) is 0. The van der Waals surface area contributed by atoms with Gasteiger partial charge in [0.2, 0.25) is 0 Å². The summed E-state index contributed by atoms with van der Waals surface area (Å²) in [5, 5.41) is 4.21. The second-order valence-corrected chi connectivity index (χ2v) is 6.10. The van der Waals surface area contributed by atoms with Crippen LogP contribution >= 0.6 is 31.9 Å². The van der Waals surface area contributed by atoms with Gasteiger partial charge in [0.05, 0.1) is 22.4 Å². The molecule has 2 N–H and O–H groups in total. The highest BCUT2D eigenvalue weighted by molar-refractivity contribution is 9.10. The molecule has 1 aromatic heterocycles. The minimum atomic E-state index is -0.183. The molecule has 0 fully saturated rings. The van der Waals surface area contributed by atoms with Gasteiger partial charge >= 0.3 is 0 Å². The van der Waals surface area contributed by atoms with Crippen molar-refractivity contribution in [3.05, 3.63) is 49.7 Å². The smallest absolute Gasteiger partial charge is 0.0735 e. The first-order valence-corrected chi connectivity index (χ1v) is 7.20. The van der Waals surface area contributed by atoms with E-state index in [1.165, 1.54) is 11.1 Å². The molecule has 0 amide bonds. The normalized spacial score (nSPS) is 12.8. The molecule has 18 heavy (non-hydrogen) atoms. The first-order chi connectivity index (χ1) is 8.41. The highest BCUT2D eigenvalue weighted by atomic mass is 79.9. The molecule has 2 rings (SSSR count). The Labute approximate surface area is 124 Å². The Morgan fingerprint density at radius 3 is 2.22 bits per heavy atom. The lowest BCUT2D eigenvalue weighted by molar-refractivity contribution is 0.671. The average Bonchev–Trinajstić information content (AvgIpc) is 2.64. The topological polar surface area (TPSA) is 43.8 Å². The molecule has 0 radical (unpaired) electrons. The van der Waals surface area contributed by atoms with E-state index >= 15 is 0 Å². The maximum atomic E-state index is 6.34. The summed E-state index contributed by atoms with van der Waals surface area (Å²) in [5.41, 5.74) is 10.8. The Balaban J connectivity index is 2.50. The Morgan fingerprint density at radius 1 is 1.22 bits per heavy atom. The van der Waals surface area contributed by atoms with Gasteiger partial charge in [-0.2, -0.15) is 5.10 Å². The largest absolute Gasteiger partial charge is 0.319 e. The summed E-state index contributed by atoms with van der Waals surface area (Å²) in [4.78, 5) is 0.